The van der Waals surface area contributed by atoms with Gasteiger partial charge in [-0.25, -0.2) is 0 Å². The number of ether oxygens (including phenoxy) is 1. The molecule has 16 heavy (non-hydrogen) atoms. The van der Waals surface area contributed by atoms with Crippen LogP contribution in [-0.2, 0) is 4.74 Å². The maximum Gasteiger partial charge on any atom is 0.104 e. The Hall–Kier alpha value is -0.126. The van der Waals surface area contributed by atoms with Gasteiger partial charge in [0.05, 0.1) is 4.85 Å². The first-order chi connectivity index (χ1) is 7.33. The summed E-state index contributed by atoms with van der Waals surface area (Å²) in [6.07, 6.45) is 3.73. The van der Waals surface area contributed by atoms with Gasteiger partial charge in [0.1, 0.15) is 16.1 Å². The van der Waals surface area contributed by atoms with E-state index in [9.17, 15) is 0 Å². The minimum atomic E-state index is -1.55. The second-order valence-corrected chi connectivity index (χ2v) is 15.8. The number of rotatable bonds is 4. The van der Waals surface area contributed by atoms with E-state index in [1.165, 1.54) is 19.3 Å². The fourth-order valence-corrected chi connectivity index (χ4v) is 13.5. The van der Waals surface area contributed by atoms with Crippen molar-refractivity contribution in [1.29, 1.82) is 0 Å². The van der Waals surface area contributed by atoms with Crippen molar-refractivity contribution in [2.24, 2.45) is 0 Å². The van der Waals surface area contributed by atoms with Gasteiger partial charge in [0.15, 0.2) is 0 Å². The summed E-state index contributed by atoms with van der Waals surface area (Å²) in [5.41, 5.74) is 4.41. The summed E-state index contributed by atoms with van der Waals surface area (Å²) in [4.78, 5) is 0.113. The van der Waals surface area contributed by atoms with Gasteiger partial charge in [-0.15, -0.1) is 13.2 Å². The molecule has 1 heterocycles. The van der Waals surface area contributed by atoms with Crippen LogP contribution < -0.4 is 0 Å². The van der Waals surface area contributed by atoms with Crippen LogP contribution in [0.1, 0.15) is 19.3 Å². The molecule has 92 valence electrons. The first-order valence-corrected chi connectivity index (χ1v) is 12.4. The molecule has 0 aromatic rings. The van der Waals surface area contributed by atoms with Gasteiger partial charge < -0.3 is 4.74 Å². The zero-order chi connectivity index (χ0) is 12.4. The Bertz CT molecular complexity index is 254. The fourth-order valence-electron chi connectivity index (χ4n) is 2.97. The highest BCUT2D eigenvalue weighted by atomic mass is 28.4. The highest BCUT2D eigenvalue weighted by Gasteiger charge is 2.56. The van der Waals surface area contributed by atoms with Gasteiger partial charge in [0.2, 0.25) is 0 Å². The maximum absolute atomic E-state index is 6.36. The lowest BCUT2D eigenvalue weighted by atomic mass is 10.2. The molecular weight excluding hydrogens is 228 g/mol. The van der Waals surface area contributed by atoms with Crippen LogP contribution in [0.3, 0.4) is 0 Å². The average Bonchev–Trinajstić information content (AvgIpc) is 2.29. The quantitative estimate of drug-likeness (QED) is 0.692. The SMILES string of the molecule is C=C[Si](C)(C)C1([Si](C)(C)C=C)CCCCO1. The Balaban J connectivity index is 3.21. The van der Waals surface area contributed by atoms with Gasteiger partial charge in [-0.3, -0.25) is 0 Å². The third-order valence-corrected chi connectivity index (χ3v) is 15.2. The molecule has 0 amide bonds. The minimum Gasteiger partial charge on any atom is -0.381 e. The van der Waals surface area contributed by atoms with Crippen LogP contribution in [0.2, 0.25) is 26.2 Å². The van der Waals surface area contributed by atoms with E-state index in [2.05, 4.69) is 50.7 Å². The first kappa shape index (κ1) is 13.9. The Morgan fingerprint density at radius 3 is 1.81 bits per heavy atom. The normalized spacial score (nSPS) is 21.5. The summed E-state index contributed by atoms with van der Waals surface area (Å²) in [7, 11) is -3.10. The average molecular weight is 255 g/mol. The molecule has 0 atom stereocenters. The number of hydrogen-bond donors (Lipinski definition) is 0. The van der Waals surface area contributed by atoms with Crippen LogP contribution in [0.25, 0.3) is 0 Å². The Kier molecular flexibility index (Phi) is 4.03. The standard InChI is InChI=1S/C13H26OSi2/c1-7-15(3,4)13(16(5,6)8-2)11-9-10-12-14-13/h7-8H,1-2,9-12H2,3-6H3. The highest BCUT2D eigenvalue weighted by molar-refractivity contribution is 7.03. The zero-order valence-electron chi connectivity index (χ0n) is 11.3. The third-order valence-electron chi connectivity index (χ3n) is 4.37. The molecule has 1 rings (SSSR count). The van der Waals surface area contributed by atoms with E-state index < -0.39 is 16.1 Å². The van der Waals surface area contributed by atoms with Gasteiger partial charge in [-0.1, -0.05) is 37.6 Å². The molecule has 0 aromatic heterocycles. The van der Waals surface area contributed by atoms with Crippen molar-refractivity contribution in [2.75, 3.05) is 6.61 Å². The fraction of sp³-hybridized carbons (Fsp3) is 0.692. The van der Waals surface area contributed by atoms with Crippen molar-refractivity contribution in [3.63, 3.8) is 0 Å². The van der Waals surface area contributed by atoms with Crippen LogP contribution in [0, 0.1) is 0 Å². The first-order valence-electron chi connectivity index (χ1n) is 6.24. The van der Waals surface area contributed by atoms with E-state index >= 15 is 0 Å². The van der Waals surface area contributed by atoms with Crippen molar-refractivity contribution in [3.8, 4) is 0 Å². The van der Waals surface area contributed by atoms with Crippen LogP contribution in [-0.4, -0.2) is 27.6 Å². The molecule has 1 aliphatic rings. The molecule has 0 saturated carbocycles. The molecule has 1 saturated heterocycles. The predicted molar refractivity (Wildman–Crippen MR) is 77.9 cm³/mol. The predicted octanol–water partition coefficient (Wildman–Crippen LogP) is 3.87. The van der Waals surface area contributed by atoms with Crippen molar-refractivity contribution in [2.45, 2.75) is 50.3 Å². The number of hydrogen-bond acceptors (Lipinski definition) is 1. The van der Waals surface area contributed by atoms with Gasteiger partial charge in [-0.05, 0) is 19.3 Å². The van der Waals surface area contributed by atoms with Gasteiger partial charge in [0.25, 0.3) is 0 Å². The lowest BCUT2D eigenvalue weighted by Gasteiger charge is -2.53. The van der Waals surface area contributed by atoms with Crippen molar-refractivity contribution < 1.29 is 4.74 Å². The van der Waals surface area contributed by atoms with Gasteiger partial charge in [-0.2, -0.15) is 0 Å². The summed E-state index contributed by atoms with van der Waals surface area (Å²) in [6.45, 7) is 18.6. The molecule has 3 heteroatoms. The maximum atomic E-state index is 6.36. The largest absolute Gasteiger partial charge is 0.381 e. The van der Waals surface area contributed by atoms with E-state index in [4.69, 9.17) is 4.74 Å². The molecule has 1 fully saturated rings. The van der Waals surface area contributed by atoms with Crippen LogP contribution in [0.5, 0.6) is 0 Å². The summed E-state index contributed by atoms with van der Waals surface area (Å²) in [5.74, 6) is 0. The molecule has 0 aromatic carbocycles. The Labute approximate surface area is 103 Å². The van der Waals surface area contributed by atoms with Crippen molar-refractivity contribution >= 4 is 16.1 Å². The minimum absolute atomic E-state index is 0.113. The zero-order valence-corrected chi connectivity index (χ0v) is 13.3. The topological polar surface area (TPSA) is 9.23 Å². The molecule has 0 spiro atoms. The van der Waals surface area contributed by atoms with Gasteiger partial charge >= 0.3 is 0 Å². The molecule has 0 radical (unpaired) electrons. The summed E-state index contributed by atoms with van der Waals surface area (Å²) in [6, 6.07) is 0. The molecule has 0 bridgehead atoms. The van der Waals surface area contributed by atoms with E-state index in [-0.39, 0.29) is 4.85 Å². The molecule has 0 aliphatic carbocycles. The lowest BCUT2D eigenvalue weighted by molar-refractivity contribution is 0.0241. The van der Waals surface area contributed by atoms with Gasteiger partial charge in [0, 0.05) is 6.61 Å². The van der Waals surface area contributed by atoms with Crippen molar-refractivity contribution in [3.05, 3.63) is 24.6 Å². The van der Waals surface area contributed by atoms with E-state index in [1.54, 1.807) is 0 Å². The Morgan fingerprint density at radius 1 is 1.00 bits per heavy atom. The van der Waals surface area contributed by atoms with Crippen LogP contribution in [0.4, 0.5) is 0 Å². The van der Waals surface area contributed by atoms with E-state index in [1.807, 2.05) is 0 Å². The summed E-state index contributed by atoms with van der Waals surface area (Å²) in [5, 5.41) is 0. The van der Waals surface area contributed by atoms with Crippen LogP contribution >= 0.6 is 0 Å². The van der Waals surface area contributed by atoms with E-state index in [0.717, 1.165) is 6.61 Å². The Morgan fingerprint density at radius 2 is 1.50 bits per heavy atom. The highest BCUT2D eigenvalue weighted by Crippen LogP contribution is 2.42. The smallest absolute Gasteiger partial charge is 0.104 e. The molecule has 1 aliphatic heterocycles. The monoisotopic (exact) mass is 254 g/mol. The molecular formula is C13H26OSi2. The second-order valence-electron chi connectivity index (χ2n) is 5.98. The molecule has 0 unspecified atom stereocenters. The third kappa shape index (κ3) is 2.00. The summed E-state index contributed by atoms with van der Waals surface area (Å²) < 4.78 is 6.36. The van der Waals surface area contributed by atoms with Crippen molar-refractivity contribution in [1.82, 2.24) is 0 Å². The van der Waals surface area contributed by atoms with E-state index in [0.29, 0.717) is 0 Å². The molecule has 1 nitrogen and oxygen atoms in total. The lowest BCUT2D eigenvalue weighted by Crippen LogP contribution is -2.70. The van der Waals surface area contributed by atoms with Crippen LogP contribution in [0.15, 0.2) is 24.6 Å². The second kappa shape index (κ2) is 4.63. The molecule has 0 N–H and O–H groups in total. The summed E-state index contributed by atoms with van der Waals surface area (Å²) >= 11 is 0.